The lowest BCUT2D eigenvalue weighted by Crippen LogP contribution is -2.05. The van der Waals surface area contributed by atoms with E-state index in [2.05, 4.69) is 17.0 Å². The zero-order chi connectivity index (χ0) is 14.3. The molecular formula is C16H17N3O. The number of hydrogen-bond donors (Lipinski definition) is 1. The van der Waals surface area contributed by atoms with E-state index in [9.17, 15) is 5.11 Å². The highest BCUT2D eigenvalue weighted by Gasteiger charge is 2.13. The highest BCUT2D eigenvalue weighted by molar-refractivity contribution is 5.88. The lowest BCUT2D eigenvalue weighted by Gasteiger charge is -2.10. The number of benzene rings is 1. The molecule has 0 saturated carbocycles. The van der Waals surface area contributed by atoms with Gasteiger partial charge < -0.3 is 5.11 Å². The first-order valence-electron chi connectivity index (χ1n) is 6.64. The van der Waals surface area contributed by atoms with Crippen LogP contribution in [0.5, 0.6) is 0 Å². The lowest BCUT2D eigenvalue weighted by molar-refractivity contribution is 0.277. The topological polar surface area (TPSA) is 50.9 Å². The Kier molecular flexibility index (Phi) is 3.03. The van der Waals surface area contributed by atoms with Gasteiger partial charge in [-0.05, 0) is 37.8 Å². The second kappa shape index (κ2) is 4.72. The maximum absolute atomic E-state index is 9.41. The van der Waals surface area contributed by atoms with Gasteiger partial charge in [-0.15, -0.1) is 0 Å². The Bertz CT molecular complexity index is 790. The molecule has 1 aromatic carbocycles. The summed E-state index contributed by atoms with van der Waals surface area (Å²) >= 11 is 0. The first kappa shape index (κ1) is 12.8. The predicted octanol–water partition coefficient (Wildman–Crippen LogP) is 2.84. The lowest BCUT2D eigenvalue weighted by atomic mass is 10.1. The summed E-state index contributed by atoms with van der Waals surface area (Å²) in [6.07, 6.45) is 0. The molecule has 0 fully saturated rings. The first-order chi connectivity index (χ1) is 9.61. The molecule has 0 aliphatic rings. The van der Waals surface area contributed by atoms with Crippen molar-refractivity contribution in [2.75, 3.05) is 0 Å². The van der Waals surface area contributed by atoms with Crippen molar-refractivity contribution in [3.8, 4) is 5.82 Å². The zero-order valence-corrected chi connectivity index (χ0v) is 11.9. The van der Waals surface area contributed by atoms with Crippen LogP contribution in [0.25, 0.3) is 16.6 Å². The van der Waals surface area contributed by atoms with E-state index in [1.54, 1.807) is 0 Å². The highest BCUT2D eigenvalue weighted by atomic mass is 16.3. The van der Waals surface area contributed by atoms with E-state index in [0.717, 1.165) is 28.0 Å². The smallest absolute Gasteiger partial charge is 0.161 e. The summed E-state index contributed by atoms with van der Waals surface area (Å²) in [7, 11) is 0. The van der Waals surface area contributed by atoms with E-state index in [1.807, 2.05) is 48.9 Å². The Morgan fingerprint density at radius 3 is 2.55 bits per heavy atom. The van der Waals surface area contributed by atoms with Crippen molar-refractivity contribution in [1.29, 1.82) is 0 Å². The average molecular weight is 267 g/mol. The largest absolute Gasteiger partial charge is 0.390 e. The fraction of sp³-hybridized carbons (Fsp3) is 0.250. The molecule has 0 amide bonds. The quantitative estimate of drug-likeness (QED) is 0.776. The van der Waals surface area contributed by atoms with Crippen molar-refractivity contribution in [3.63, 3.8) is 0 Å². The van der Waals surface area contributed by atoms with Crippen molar-refractivity contribution in [2.45, 2.75) is 27.4 Å². The maximum Gasteiger partial charge on any atom is 0.161 e. The van der Waals surface area contributed by atoms with Crippen molar-refractivity contribution >= 4 is 10.8 Å². The minimum atomic E-state index is -0.0733. The molecule has 0 aliphatic heterocycles. The summed E-state index contributed by atoms with van der Waals surface area (Å²) in [5.41, 5.74) is 3.91. The van der Waals surface area contributed by atoms with Crippen molar-refractivity contribution in [3.05, 3.63) is 53.0 Å². The van der Waals surface area contributed by atoms with Crippen LogP contribution in [0, 0.1) is 20.8 Å². The van der Waals surface area contributed by atoms with Gasteiger partial charge in [0.05, 0.1) is 18.0 Å². The molecule has 0 unspecified atom stereocenters. The van der Waals surface area contributed by atoms with Gasteiger partial charge in [-0.25, -0.2) is 9.67 Å². The van der Waals surface area contributed by atoms with E-state index in [0.29, 0.717) is 5.69 Å². The third-order valence-corrected chi connectivity index (χ3v) is 3.79. The molecule has 3 rings (SSSR count). The van der Waals surface area contributed by atoms with Gasteiger partial charge in [-0.3, -0.25) is 0 Å². The molecule has 0 atom stereocenters. The third-order valence-electron chi connectivity index (χ3n) is 3.79. The van der Waals surface area contributed by atoms with Gasteiger partial charge in [-0.2, -0.15) is 5.10 Å². The van der Waals surface area contributed by atoms with Crippen LogP contribution in [0.4, 0.5) is 0 Å². The van der Waals surface area contributed by atoms with E-state index in [1.165, 1.54) is 5.56 Å². The first-order valence-corrected chi connectivity index (χ1v) is 6.64. The van der Waals surface area contributed by atoms with Crippen LogP contribution in [0.2, 0.25) is 0 Å². The standard InChI is InChI=1S/C16H17N3O/c1-10-11(2)18-19(12(10)3)16-15-7-5-4-6-13(15)8-14(9-20)17-16/h4-8,20H,9H2,1-3H3. The monoisotopic (exact) mass is 267 g/mol. The minimum Gasteiger partial charge on any atom is -0.390 e. The second-order valence-corrected chi connectivity index (χ2v) is 5.02. The molecule has 4 nitrogen and oxygen atoms in total. The molecule has 1 N–H and O–H groups in total. The number of pyridine rings is 1. The molecule has 0 aliphatic carbocycles. The van der Waals surface area contributed by atoms with Crippen LogP contribution in [0.1, 0.15) is 22.6 Å². The van der Waals surface area contributed by atoms with Gasteiger partial charge in [0.1, 0.15) is 0 Å². The van der Waals surface area contributed by atoms with Crippen LogP contribution < -0.4 is 0 Å². The third kappa shape index (κ3) is 1.89. The summed E-state index contributed by atoms with van der Waals surface area (Å²) in [6.45, 7) is 6.02. The molecular weight excluding hydrogens is 250 g/mol. The maximum atomic E-state index is 9.41. The Morgan fingerprint density at radius 1 is 1.15 bits per heavy atom. The number of hydrogen-bond acceptors (Lipinski definition) is 3. The number of aliphatic hydroxyl groups is 1. The van der Waals surface area contributed by atoms with E-state index in [4.69, 9.17) is 0 Å². The number of rotatable bonds is 2. The fourth-order valence-electron chi connectivity index (χ4n) is 2.40. The number of aromatic nitrogens is 3. The van der Waals surface area contributed by atoms with Gasteiger partial charge >= 0.3 is 0 Å². The van der Waals surface area contributed by atoms with Crippen molar-refractivity contribution in [2.24, 2.45) is 0 Å². The number of aryl methyl sites for hydroxylation is 1. The van der Waals surface area contributed by atoms with E-state index >= 15 is 0 Å². The average Bonchev–Trinajstić information content (AvgIpc) is 2.73. The van der Waals surface area contributed by atoms with Crippen molar-refractivity contribution < 1.29 is 5.11 Å². The molecule has 0 spiro atoms. The Labute approximate surface area is 117 Å². The zero-order valence-electron chi connectivity index (χ0n) is 11.9. The van der Waals surface area contributed by atoms with Crippen LogP contribution in [0.3, 0.4) is 0 Å². The molecule has 0 saturated heterocycles. The number of aliphatic hydroxyl groups excluding tert-OH is 1. The van der Waals surface area contributed by atoms with E-state index < -0.39 is 0 Å². The van der Waals surface area contributed by atoms with Gasteiger partial charge in [0.25, 0.3) is 0 Å². The molecule has 102 valence electrons. The highest BCUT2D eigenvalue weighted by Crippen LogP contribution is 2.24. The molecule has 2 aromatic heterocycles. The number of fused-ring (bicyclic) bond motifs is 1. The molecule has 3 aromatic rings. The Balaban J connectivity index is 2.37. The van der Waals surface area contributed by atoms with Gasteiger partial charge in [0, 0.05) is 11.1 Å². The molecule has 2 heterocycles. The van der Waals surface area contributed by atoms with Crippen LogP contribution in [-0.2, 0) is 6.61 Å². The van der Waals surface area contributed by atoms with Gasteiger partial charge in [0.15, 0.2) is 5.82 Å². The molecule has 0 radical (unpaired) electrons. The Morgan fingerprint density at radius 2 is 1.90 bits per heavy atom. The van der Waals surface area contributed by atoms with E-state index in [-0.39, 0.29) is 6.61 Å². The summed E-state index contributed by atoms with van der Waals surface area (Å²) in [5.74, 6) is 0.779. The summed E-state index contributed by atoms with van der Waals surface area (Å²) in [6, 6.07) is 9.95. The van der Waals surface area contributed by atoms with Crippen LogP contribution in [-0.4, -0.2) is 19.9 Å². The normalized spacial score (nSPS) is 11.2. The summed E-state index contributed by atoms with van der Waals surface area (Å²) in [5, 5.41) is 16.1. The SMILES string of the molecule is Cc1nn(-c2nc(CO)cc3ccccc23)c(C)c1C. The van der Waals surface area contributed by atoms with Crippen LogP contribution in [0.15, 0.2) is 30.3 Å². The minimum absolute atomic E-state index is 0.0733. The summed E-state index contributed by atoms with van der Waals surface area (Å²) in [4.78, 5) is 4.56. The van der Waals surface area contributed by atoms with Gasteiger partial charge in [-0.1, -0.05) is 24.3 Å². The van der Waals surface area contributed by atoms with Crippen LogP contribution >= 0.6 is 0 Å². The predicted molar refractivity (Wildman–Crippen MR) is 79.0 cm³/mol. The Hall–Kier alpha value is -2.20. The molecule has 20 heavy (non-hydrogen) atoms. The summed E-state index contributed by atoms with van der Waals surface area (Å²) < 4.78 is 1.87. The molecule has 4 heteroatoms. The van der Waals surface area contributed by atoms with Gasteiger partial charge in [0.2, 0.25) is 0 Å². The van der Waals surface area contributed by atoms with Crippen molar-refractivity contribution in [1.82, 2.24) is 14.8 Å². The number of nitrogens with zero attached hydrogens (tertiary/aromatic N) is 3. The molecule has 0 bridgehead atoms. The fourth-order valence-corrected chi connectivity index (χ4v) is 2.40. The second-order valence-electron chi connectivity index (χ2n) is 5.02.